The van der Waals surface area contributed by atoms with Crippen LogP contribution in [0.3, 0.4) is 0 Å². The fraction of sp³-hybridized carbons (Fsp3) is 0.556. The molecule has 0 bridgehead atoms. The number of amides is 1. The van der Waals surface area contributed by atoms with Crippen LogP contribution in [0.4, 0.5) is 4.39 Å². The molecule has 0 N–H and O–H groups in total. The van der Waals surface area contributed by atoms with E-state index in [1.54, 1.807) is 23.9 Å². The largest absolute Gasteiger partial charge is 0.464 e. The highest BCUT2D eigenvalue weighted by Gasteiger charge is 2.42. The minimum atomic E-state index is -0.643. The standard InChI is InChI=1S/C18H24FNO3S/c1-3-5-11-23-18(22)15-12-24-16(8-4-2)20(15)17(21)13-9-6-7-10-14(13)19/h6-7,9-10,15-16H,3-5,8,11-12H2,1-2H3/t15-,16-/m0/s1. The number of rotatable bonds is 7. The lowest BCUT2D eigenvalue weighted by Gasteiger charge is -2.28. The van der Waals surface area contributed by atoms with Crippen molar-refractivity contribution < 1.29 is 18.7 Å². The smallest absolute Gasteiger partial charge is 0.329 e. The molecule has 0 radical (unpaired) electrons. The topological polar surface area (TPSA) is 46.6 Å². The Morgan fingerprint density at radius 2 is 2.04 bits per heavy atom. The van der Waals surface area contributed by atoms with Crippen LogP contribution in [0.15, 0.2) is 24.3 Å². The molecule has 1 saturated heterocycles. The fourth-order valence-electron chi connectivity index (χ4n) is 2.67. The maximum absolute atomic E-state index is 14.0. The molecule has 1 aliphatic heterocycles. The third-order valence-electron chi connectivity index (χ3n) is 3.98. The summed E-state index contributed by atoms with van der Waals surface area (Å²) in [7, 11) is 0. The Bertz CT molecular complexity index is 581. The predicted molar refractivity (Wildman–Crippen MR) is 93.4 cm³/mol. The zero-order chi connectivity index (χ0) is 17.5. The van der Waals surface area contributed by atoms with Crippen LogP contribution in [0, 0.1) is 5.82 Å². The molecule has 0 aliphatic carbocycles. The first kappa shape index (κ1) is 18.8. The van der Waals surface area contributed by atoms with Crippen molar-refractivity contribution in [3.8, 4) is 0 Å². The van der Waals surface area contributed by atoms with Crippen LogP contribution in [-0.4, -0.2) is 40.6 Å². The highest BCUT2D eigenvalue weighted by molar-refractivity contribution is 8.00. The Balaban J connectivity index is 2.20. The number of nitrogens with zero attached hydrogens (tertiary/aromatic N) is 1. The molecular formula is C18H24FNO3S. The van der Waals surface area contributed by atoms with Gasteiger partial charge in [0.25, 0.3) is 5.91 Å². The fourth-order valence-corrected chi connectivity index (χ4v) is 4.18. The zero-order valence-electron chi connectivity index (χ0n) is 14.2. The molecule has 2 rings (SSSR count). The first-order chi connectivity index (χ1) is 11.6. The average molecular weight is 353 g/mol. The van der Waals surface area contributed by atoms with E-state index < -0.39 is 17.8 Å². The van der Waals surface area contributed by atoms with Crippen molar-refractivity contribution in [3.05, 3.63) is 35.6 Å². The molecule has 1 aromatic carbocycles. The summed E-state index contributed by atoms with van der Waals surface area (Å²) in [5.74, 6) is -0.892. The van der Waals surface area contributed by atoms with Gasteiger partial charge in [-0.25, -0.2) is 9.18 Å². The van der Waals surface area contributed by atoms with Crippen LogP contribution in [0.25, 0.3) is 0 Å². The van der Waals surface area contributed by atoms with Gasteiger partial charge in [-0.15, -0.1) is 11.8 Å². The molecular weight excluding hydrogens is 329 g/mol. The van der Waals surface area contributed by atoms with Crippen LogP contribution >= 0.6 is 11.8 Å². The van der Waals surface area contributed by atoms with Crippen LogP contribution in [0.5, 0.6) is 0 Å². The summed E-state index contributed by atoms with van der Waals surface area (Å²) in [4.78, 5) is 26.8. The number of carbonyl (C=O) groups excluding carboxylic acids is 2. The molecule has 0 saturated carbocycles. The van der Waals surface area contributed by atoms with E-state index in [9.17, 15) is 14.0 Å². The molecule has 4 nitrogen and oxygen atoms in total. The molecule has 1 aliphatic rings. The molecule has 6 heteroatoms. The van der Waals surface area contributed by atoms with Crippen molar-refractivity contribution in [2.45, 2.75) is 50.9 Å². The Morgan fingerprint density at radius 1 is 1.29 bits per heavy atom. The summed E-state index contributed by atoms with van der Waals surface area (Å²) in [5.41, 5.74) is 0.00691. The monoisotopic (exact) mass is 353 g/mol. The molecule has 132 valence electrons. The summed E-state index contributed by atoms with van der Waals surface area (Å²) >= 11 is 1.56. The Morgan fingerprint density at radius 3 is 2.71 bits per heavy atom. The summed E-state index contributed by atoms with van der Waals surface area (Å²) in [6.07, 6.45) is 3.38. The third-order valence-corrected chi connectivity index (χ3v) is 5.34. The molecule has 1 fully saturated rings. The van der Waals surface area contributed by atoms with Crippen molar-refractivity contribution in [2.24, 2.45) is 0 Å². The van der Waals surface area contributed by atoms with Crippen molar-refractivity contribution in [1.82, 2.24) is 4.90 Å². The molecule has 0 spiro atoms. The Labute approximate surface area is 146 Å². The summed E-state index contributed by atoms with van der Waals surface area (Å²) in [6, 6.07) is 5.26. The normalized spacial score (nSPS) is 20.2. The van der Waals surface area contributed by atoms with Crippen LogP contribution in [-0.2, 0) is 9.53 Å². The number of thioether (sulfide) groups is 1. The average Bonchev–Trinajstić information content (AvgIpc) is 2.99. The number of benzene rings is 1. The van der Waals surface area contributed by atoms with Crippen LogP contribution < -0.4 is 0 Å². The molecule has 0 aromatic heterocycles. The van der Waals surface area contributed by atoms with Crippen molar-refractivity contribution in [3.63, 3.8) is 0 Å². The van der Waals surface area contributed by atoms with Gasteiger partial charge >= 0.3 is 5.97 Å². The van der Waals surface area contributed by atoms with Gasteiger partial charge in [0.05, 0.1) is 17.5 Å². The highest BCUT2D eigenvalue weighted by atomic mass is 32.2. The second-order valence-electron chi connectivity index (χ2n) is 5.81. The van der Waals surface area contributed by atoms with E-state index in [0.29, 0.717) is 12.4 Å². The molecule has 1 amide bonds. The first-order valence-electron chi connectivity index (χ1n) is 8.45. The van der Waals surface area contributed by atoms with Gasteiger partial charge in [-0.3, -0.25) is 4.79 Å². The number of hydrogen-bond donors (Lipinski definition) is 0. The molecule has 0 unspecified atom stereocenters. The lowest BCUT2D eigenvalue weighted by atomic mass is 10.1. The van der Waals surface area contributed by atoms with E-state index >= 15 is 0 Å². The lowest BCUT2D eigenvalue weighted by molar-refractivity contribution is -0.148. The quantitative estimate of drug-likeness (QED) is 0.552. The first-order valence-corrected chi connectivity index (χ1v) is 9.50. The third kappa shape index (κ3) is 4.29. The maximum Gasteiger partial charge on any atom is 0.329 e. The maximum atomic E-state index is 14.0. The van der Waals surface area contributed by atoms with E-state index in [-0.39, 0.29) is 16.9 Å². The Hall–Kier alpha value is -1.56. The van der Waals surface area contributed by atoms with E-state index in [1.165, 1.54) is 17.0 Å². The van der Waals surface area contributed by atoms with Gasteiger partial charge in [-0.05, 0) is 25.0 Å². The van der Waals surface area contributed by atoms with Crippen molar-refractivity contribution in [1.29, 1.82) is 0 Å². The minimum absolute atomic E-state index is 0.00691. The van der Waals surface area contributed by atoms with Crippen LogP contribution in [0.1, 0.15) is 49.9 Å². The number of hydrogen-bond acceptors (Lipinski definition) is 4. The number of unbranched alkanes of at least 4 members (excludes halogenated alkanes) is 1. The summed E-state index contributed by atoms with van der Waals surface area (Å²) in [5, 5.41) is -0.120. The van der Waals surface area contributed by atoms with E-state index in [0.717, 1.165) is 25.7 Å². The van der Waals surface area contributed by atoms with Gasteiger partial charge in [0.2, 0.25) is 0 Å². The van der Waals surface area contributed by atoms with Gasteiger partial charge in [0, 0.05) is 5.75 Å². The zero-order valence-corrected chi connectivity index (χ0v) is 15.0. The van der Waals surface area contributed by atoms with Crippen molar-refractivity contribution >= 4 is 23.6 Å². The van der Waals surface area contributed by atoms with Gasteiger partial charge in [-0.1, -0.05) is 38.8 Å². The lowest BCUT2D eigenvalue weighted by Crippen LogP contribution is -2.46. The highest BCUT2D eigenvalue weighted by Crippen LogP contribution is 2.34. The number of halogens is 1. The molecule has 2 atom stereocenters. The summed E-state index contributed by atoms with van der Waals surface area (Å²) < 4.78 is 19.3. The van der Waals surface area contributed by atoms with E-state index in [2.05, 4.69) is 0 Å². The molecule has 24 heavy (non-hydrogen) atoms. The molecule has 1 aromatic rings. The summed E-state index contributed by atoms with van der Waals surface area (Å²) in [6.45, 7) is 4.40. The predicted octanol–water partition coefficient (Wildman–Crippen LogP) is 3.85. The van der Waals surface area contributed by atoms with Gasteiger partial charge in [-0.2, -0.15) is 0 Å². The van der Waals surface area contributed by atoms with Gasteiger partial charge in [0.15, 0.2) is 0 Å². The minimum Gasteiger partial charge on any atom is -0.464 e. The number of ether oxygens (including phenoxy) is 1. The molecule has 1 heterocycles. The SMILES string of the molecule is CCCCOC(=O)[C@@H]1CS[C@@H](CCC)N1C(=O)c1ccccc1F. The van der Waals surface area contributed by atoms with Crippen molar-refractivity contribution in [2.75, 3.05) is 12.4 Å². The van der Waals surface area contributed by atoms with Crippen LogP contribution in [0.2, 0.25) is 0 Å². The number of esters is 1. The number of carbonyl (C=O) groups is 2. The van der Waals surface area contributed by atoms with Gasteiger partial charge in [0.1, 0.15) is 11.9 Å². The van der Waals surface area contributed by atoms with Gasteiger partial charge < -0.3 is 9.64 Å². The van der Waals surface area contributed by atoms with E-state index in [4.69, 9.17) is 4.74 Å². The Kier molecular flexibility index (Phi) is 7.09. The van der Waals surface area contributed by atoms with E-state index in [1.807, 2.05) is 13.8 Å². The second-order valence-corrected chi connectivity index (χ2v) is 7.02. The second kappa shape index (κ2) is 9.06.